The summed E-state index contributed by atoms with van der Waals surface area (Å²) < 4.78 is 0. The number of nitrogens with zero attached hydrogens (tertiary/aromatic N) is 1. The molecule has 2 N–H and O–H groups in total. The van der Waals surface area contributed by atoms with Gasteiger partial charge in [0.15, 0.2) is 0 Å². The van der Waals surface area contributed by atoms with Crippen molar-refractivity contribution < 1.29 is 5.11 Å². The van der Waals surface area contributed by atoms with Crippen LogP contribution in [0.5, 0.6) is 0 Å². The number of hydrogen-bond donors (Lipinski definition) is 2. The molecule has 0 fully saturated rings. The predicted molar refractivity (Wildman–Crippen MR) is 82.5 cm³/mol. The normalized spacial score (nSPS) is 11.0. The molecule has 0 saturated heterocycles. The summed E-state index contributed by atoms with van der Waals surface area (Å²) in [5.74, 6) is 2.13. The summed E-state index contributed by atoms with van der Waals surface area (Å²) in [4.78, 5) is 4.15. The zero-order chi connectivity index (χ0) is 13.3. The highest BCUT2D eigenvalue weighted by molar-refractivity contribution is 7.99. The minimum Gasteiger partial charge on any atom is -0.396 e. The lowest BCUT2D eigenvalue weighted by atomic mass is 10.1. The zero-order valence-corrected chi connectivity index (χ0v) is 11.8. The van der Waals surface area contributed by atoms with Crippen LogP contribution in [-0.4, -0.2) is 34.7 Å². The van der Waals surface area contributed by atoms with Gasteiger partial charge in [-0.3, -0.25) is 4.98 Å². The summed E-state index contributed by atoms with van der Waals surface area (Å²) in [6.45, 7) is 2.18. The maximum atomic E-state index is 8.68. The number of aromatic nitrogens is 1. The number of benzene rings is 1. The van der Waals surface area contributed by atoms with Gasteiger partial charge in [-0.2, -0.15) is 11.8 Å². The second-order valence-electron chi connectivity index (χ2n) is 4.38. The predicted octanol–water partition coefficient (Wildman–Crippen LogP) is 2.44. The maximum absolute atomic E-state index is 8.68. The maximum Gasteiger partial charge on any atom is 0.0438 e. The average Bonchev–Trinajstić information content (AvgIpc) is 2.46. The van der Waals surface area contributed by atoms with Crippen molar-refractivity contribution in [1.82, 2.24) is 10.3 Å². The van der Waals surface area contributed by atoms with Crippen LogP contribution in [0.4, 0.5) is 0 Å². The number of aliphatic hydroxyl groups excluding tert-OH is 1. The molecule has 4 heteroatoms. The Balaban J connectivity index is 1.78. The van der Waals surface area contributed by atoms with E-state index >= 15 is 0 Å². The summed E-state index contributed by atoms with van der Waals surface area (Å²) in [5, 5.41) is 14.6. The third kappa shape index (κ3) is 4.49. The van der Waals surface area contributed by atoms with E-state index in [4.69, 9.17) is 5.11 Å². The van der Waals surface area contributed by atoms with Crippen molar-refractivity contribution in [2.75, 3.05) is 24.7 Å². The van der Waals surface area contributed by atoms with Gasteiger partial charge in [0.25, 0.3) is 0 Å². The molecule has 19 heavy (non-hydrogen) atoms. The van der Waals surface area contributed by atoms with Crippen molar-refractivity contribution in [3.8, 4) is 0 Å². The van der Waals surface area contributed by atoms with E-state index < -0.39 is 0 Å². The highest BCUT2D eigenvalue weighted by Gasteiger charge is 1.99. The van der Waals surface area contributed by atoms with Gasteiger partial charge >= 0.3 is 0 Å². The van der Waals surface area contributed by atoms with Gasteiger partial charge in [-0.15, -0.1) is 0 Å². The number of nitrogens with one attached hydrogen (secondary N) is 1. The first-order chi connectivity index (χ1) is 9.42. The Kier molecular flexibility index (Phi) is 6.14. The molecule has 102 valence electrons. The lowest BCUT2D eigenvalue weighted by molar-refractivity contribution is 0.296. The average molecular weight is 276 g/mol. The lowest BCUT2D eigenvalue weighted by Crippen LogP contribution is -2.17. The number of aliphatic hydroxyl groups is 1. The topological polar surface area (TPSA) is 45.1 Å². The SMILES string of the molecule is OCCCSCCNCc1cccc2cnccc12. The van der Waals surface area contributed by atoms with Gasteiger partial charge in [-0.05, 0) is 29.2 Å². The van der Waals surface area contributed by atoms with Crippen molar-refractivity contribution in [3.63, 3.8) is 0 Å². The van der Waals surface area contributed by atoms with E-state index in [9.17, 15) is 0 Å². The molecule has 2 rings (SSSR count). The summed E-state index contributed by atoms with van der Waals surface area (Å²) in [6.07, 6.45) is 4.64. The molecule has 1 heterocycles. The van der Waals surface area contributed by atoms with E-state index in [1.165, 1.54) is 16.3 Å². The summed E-state index contributed by atoms with van der Waals surface area (Å²) in [7, 11) is 0. The van der Waals surface area contributed by atoms with Gasteiger partial charge in [0.05, 0.1) is 0 Å². The molecule has 0 saturated carbocycles. The second kappa shape index (κ2) is 8.15. The minimum atomic E-state index is 0.296. The molecule has 0 aliphatic rings. The van der Waals surface area contributed by atoms with Gasteiger partial charge in [0.1, 0.15) is 0 Å². The van der Waals surface area contributed by atoms with E-state index in [0.29, 0.717) is 6.61 Å². The lowest BCUT2D eigenvalue weighted by Gasteiger charge is -2.08. The van der Waals surface area contributed by atoms with Crippen LogP contribution in [0.2, 0.25) is 0 Å². The van der Waals surface area contributed by atoms with E-state index in [-0.39, 0.29) is 0 Å². The van der Waals surface area contributed by atoms with E-state index in [0.717, 1.165) is 31.0 Å². The third-order valence-electron chi connectivity index (χ3n) is 2.96. The number of pyridine rings is 1. The first-order valence-electron chi connectivity index (χ1n) is 6.63. The Bertz CT molecular complexity index is 499. The number of rotatable bonds is 8. The van der Waals surface area contributed by atoms with Crippen LogP contribution in [-0.2, 0) is 6.54 Å². The van der Waals surface area contributed by atoms with E-state index in [1.807, 2.05) is 24.2 Å². The Labute approximate surface area is 118 Å². The van der Waals surface area contributed by atoms with Crippen LogP contribution in [0.1, 0.15) is 12.0 Å². The largest absolute Gasteiger partial charge is 0.396 e. The molecular formula is C15H20N2OS. The van der Waals surface area contributed by atoms with Crippen LogP contribution >= 0.6 is 11.8 Å². The van der Waals surface area contributed by atoms with Gasteiger partial charge in [0.2, 0.25) is 0 Å². The second-order valence-corrected chi connectivity index (χ2v) is 5.61. The molecule has 1 aromatic heterocycles. The van der Waals surface area contributed by atoms with Crippen molar-refractivity contribution in [3.05, 3.63) is 42.2 Å². The monoisotopic (exact) mass is 276 g/mol. The van der Waals surface area contributed by atoms with E-state index in [2.05, 4.69) is 34.6 Å². The molecule has 0 aliphatic heterocycles. The van der Waals surface area contributed by atoms with Gasteiger partial charge in [-0.1, -0.05) is 18.2 Å². The Morgan fingerprint density at radius 1 is 1.21 bits per heavy atom. The molecule has 3 nitrogen and oxygen atoms in total. The summed E-state index contributed by atoms with van der Waals surface area (Å²) >= 11 is 1.88. The molecule has 0 atom stereocenters. The first kappa shape index (κ1) is 14.3. The fourth-order valence-electron chi connectivity index (χ4n) is 1.98. The van der Waals surface area contributed by atoms with Crippen molar-refractivity contribution >= 4 is 22.5 Å². The van der Waals surface area contributed by atoms with Crippen molar-refractivity contribution in [2.24, 2.45) is 0 Å². The van der Waals surface area contributed by atoms with Crippen molar-refractivity contribution in [2.45, 2.75) is 13.0 Å². The Morgan fingerprint density at radius 2 is 2.16 bits per heavy atom. The molecule has 0 amide bonds. The van der Waals surface area contributed by atoms with E-state index in [1.54, 1.807) is 0 Å². The smallest absolute Gasteiger partial charge is 0.0438 e. The molecule has 0 bridgehead atoms. The Morgan fingerprint density at radius 3 is 3.05 bits per heavy atom. The zero-order valence-electron chi connectivity index (χ0n) is 11.0. The molecule has 0 aliphatic carbocycles. The number of hydrogen-bond acceptors (Lipinski definition) is 4. The fraction of sp³-hybridized carbons (Fsp3) is 0.400. The Hall–Kier alpha value is -1.10. The molecular weight excluding hydrogens is 256 g/mol. The molecule has 2 aromatic rings. The molecule has 0 radical (unpaired) electrons. The van der Waals surface area contributed by atoms with Gasteiger partial charge in [0, 0.05) is 43.2 Å². The fourth-order valence-corrected chi connectivity index (χ4v) is 2.81. The molecule has 0 spiro atoms. The highest BCUT2D eigenvalue weighted by Crippen LogP contribution is 2.17. The summed E-state index contributed by atoms with van der Waals surface area (Å²) in [6, 6.07) is 8.41. The number of fused-ring (bicyclic) bond motifs is 1. The quantitative estimate of drug-likeness (QED) is 0.727. The van der Waals surface area contributed by atoms with Crippen molar-refractivity contribution in [1.29, 1.82) is 0 Å². The number of thioether (sulfide) groups is 1. The highest BCUT2D eigenvalue weighted by atomic mass is 32.2. The van der Waals surface area contributed by atoms with Crippen LogP contribution in [0.3, 0.4) is 0 Å². The van der Waals surface area contributed by atoms with Crippen LogP contribution < -0.4 is 5.32 Å². The first-order valence-corrected chi connectivity index (χ1v) is 7.78. The summed E-state index contributed by atoms with van der Waals surface area (Å²) in [5.41, 5.74) is 1.32. The van der Waals surface area contributed by atoms with Crippen LogP contribution in [0, 0.1) is 0 Å². The van der Waals surface area contributed by atoms with Gasteiger partial charge in [-0.25, -0.2) is 0 Å². The third-order valence-corrected chi connectivity index (χ3v) is 4.03. The van der Waals surface area contributed by atoms with Crippen LogP contribution in [0.15, 0.2) is 36.7 Å². The van der Waals surface area contributed by atoms with Crippen LogP contribution in [0.25, 0.3) is 10.8 Å². The standard InChI is InChI=1S/C15H20N2OS/c18-8-2-9-19-10-7-17-12-14-4-1-3-13-11-16-6-5-15(13)14/h1,3-6,11,17-18H,2,7-10,12H2. The molecule has 1 aromatic carbocycles. The minimum absolute atomic E-state index is 0.296. The van der Waals surface area contributed by atoms with Gasteiger partial charge < -0.3 is 10.4 Å². The molecule has 0 unspecified atom stereocenters.